The molecule has 13 heavy (non-hydrogen) atoms. The molecule has 0 fully saturated rings. The molecule has 3 nitrogen and oxygen atoms in total. The molecule has 0 aliphatic rings. The summed E-state index contributed by atoms with van der Waals surface area (Å²) in [5.41, 5.74) is 0.458. The van der Waals surface area contributed by atoms with Crippen molar-refractivity contribution in [2.45, 2.75) is 13.0 Å². The average molecular weight is 247 g/mol. The van der Waals surface area contributed by atoms with Gasteiger partial charge in [0.25, 0.3) is 0 Å². The fourth-order valence-electron chi connectivity index (χ4n) is 1.09. The Kier molecular flexibility index (Phi) is 3.17. The second kappa shape index (κ2) is 3.98. The van der Waals surface area contributed by atoms with E-state index < -0.39 is 6.10 Å². The van der Waals surface area contributed by atoms with Crippen LogP contribution in [-0.2, 0) is 0 Å². The minimum absolute atomic E-state index is 0.0214. The van der Waals surface area contributed by atoms with E-state index in [0.29, 0.717) is 15.8 Å². The third kappa shape index (κ3) is 1.95. The number of rotatable bonds is 2. The standard InChI is InChI=1S/C9H11BrO3/c1-5(11)6-3-4-7(10)9(13-2)8(6)12/h3-5,11-12H,1-2H3. The lowest BCUT2D eigenvalue weighted by atomic mass is 10.1. The summed E-state index contributed by atoms with van der Waals surface area (Å²) in [6.07, 6.45) is -0.706. The van der Waals surface area contributed by atoms with Crippen molar-refractivity contribution in [1.29, 1.82) is 0 Å². The summed E-state index contributed by atoms with van der Waals surface area (Å²) in [7, 11) is 1.46. The summed E-state index contributed by atoms with van der Waals surface area (Å²) in [6.45, 7) is 1.59. The van der Waals surface area contributed by atoms with Gasteiger partial charge >= 0.3 is 0 Å². The molecule has 72 valence electrons. The van der Waals surface area contributed by atoms with Crippen LogP contribution in [-0.4, -0.2) is 17.3 Å². The zero-order chi connectivity index (χ0) is 10.0. The first-order valence-electron chi connectivity index (χ1n) is 3.81. The van der Waals surface area contributed by atoms with Crippen molar-refractivity contribution in [2.75, 3.05) is 7.11 Å². The van der Waals surface area contributed by atoms with Gasteiger partial charge in [0.2, 0.25) is 0 Å². The Morgan fingerprint density at radius 3 is 2.54 bits per heavy atom. The molecule has 1 aromatic rings. The molecule has 4 heteroatoms. The number of hydrogen-bond donors (Lipinski definition) is 2. The van der Waals surface area contributed by atoms with Crippen LogP contribution in [0.5, 0.6) is 11.5 Å². The number of hydrogen-bond acceptors (Lipinski definition) is 3. The van der Waals surface area contributed by atoms with Gasteiger partial charge in [0.05, 0.1) is 17.7 Å². The van der Waals surface area contributed by atoms with Gasteiger partial charge in [0, 0.05) is 5.56 Å². The maximum Gasteiger partial charge on any atom is 0.175 e. The number of aliphatic hydroxyl groups excluding tert-OH is 1. The van der Waals surface area contributed by atoms with Gasteiger partial charge in [0.15, 0.2) is 11.5 Å². The highest BCUT2D eigenvalue weighted by atomic mass is 79.9. The van der Waals surface area contributed by atoms with Gasteiger partial charge in [-0.2, -0.15) is 0 Å². The van der Waals surface area contributed by atoms with E-state index >= 15 is 0 Å². The molecule has 0 heterocycles. The highest BCUT2D eigenvalue weighted by molar-refractivity contribution is 9.10. The molecule has 0 bridgehead atoms. The highest BCUT2D eigenvalue weighted by Gasteiger charge is 2.14. The van der Waals surface area contributed by atoms with E-state index in [2.05, 4.69) is 15.9 Å². The molecule has 0 saturated carbocycles. The number of phenols is 1. The van der Waals surface area contributed by atoms with Crippen molar-refractivity contribution < 1.29 is 14.9 Å². The number of methoxy groups -OCH3 is 1. The van der Waals surface area contributed by atoms with E-state index in [1.54, 1.807) is 19.1 Å². The largest absolute Gasteiger partial charge is 0.504 e. The van der Waals surface area contributed by atoms with Gasteiger partial charge in [0.1, 0.15) is 0 Å². The quantitative estimate of drug-likeness (QED) is 0.842. The predicted molar refractivity (Wildman–Crippen MR) is 53.0 cm³/mol. The molecule has 0 aromatic heterocycles. The fourth-order valence-corrected chi connectivity index (χ4v) is 1.57. The maximum absolute atomic E-state index is 9.63. The number of aliphatic hydroxyl groups is 1. The van der Waals surface area contributed by atoms with Gasteiger partial charge in [-0.15, -0.1) is 0 Å². The molecule has 1 atom stereocenters. The second-order valence-corrected chi connectivity index (χ2v) is 3.55. The molecule has 0 spiro atoms. The van der Waals surface area contributed by atoms with Crippen LogP contribution >= 0.6 is 15.9 Å². The van der Waals surface area contributed by atoms with Crippen LogP contribution in [0.1, 0.15) is 18.6 Å². The Bertz CT molecular complexity index is 310. The van der Waals surface area contributed by atoms with Crippen LogP contribution in [0.15, 0.2) is 16.6 Å². The first-order valence-corrected chi connectivity index (χ1v) is 4.60. The van der Waals surface area contributed by atoms with E-state index in [0.717, 1.165) is 0 Å². The van der Waals surface area contributed by atoms with Crippen molar-refractivity contribution in [3.8, 4) is 11.5 Å². The van der Waals surface area contributed by atoms with E-state index in [9.17, 15) is 10.2 Å². The smallest absolute Gasteiger partial charge is 0.175 e. The Hall–Kier alpha value is -0.740. The molecular formula is C9H11BrO3. The maximum atomic E-state index is 9.63. The lowest BCUT2D eigenvalue weighted by Gasteiger charge is -2.12. The van der Waals surface area contributed by atoms with E-state index in [1.165, 1.54) is 7.11 Å². The SMILES string of the molecule is COc1c(Br)ccc(C(C)O)c1O. The highest BCUT2D eigenvalue weighted by Crippen LogP contribution is 2.39. The zero-order valence-corrected chi connectivity index (χ0v) is 9.00. The Labute approximate surface area is 85.1 Å². The summed E-state index contributed by atoms with van der Waals surface area (Å²) >= 11 is 3.22. The number of ether oxygens (including phenoxy) is 1. The number of phenolic OH excluding ortho intramolecular Hbond substituents is 1. The normalized spacial score (nSPS) is 12.6. The van der Waals surface area contributed by atoms with E-state index in [4.69, 9.17) is 4.74 Å². The Morgan fingerprint density at radius 2 is 2.08 bits per heavy atom. The van der Waals surface area contributed by atoms with Crippen molar-refractivity contribution in [2.24, 2.45) is 0 Å². The average Bonchev–Trinajstić information content (AvgIpc) is 2.04. The van der Waals surface area contributed by atoms with Crippen LogP contribution in [0.25, 0.3) is 0 Å². The van der Waals surface area contributed by atoms with Gasteiger partial charge in [-0.25, -0.2) is 0 Å². The van der Waals surface area contributed by atoms with E-state index in [1.807, 2.05) is 0 Å². The van der Waals surface area contributed by atoms with Crippen molar-refractivity contribution >= 4 is 15.9 Å². The lowest BCUT2D eigenvalue weighted by molar-refractivity contribution is 0.193. The number of aromatic hydroxyl groups is 1. The summed E-state index contributed by atoms with van der Waals surface area (Å²) in [5.74, 6) is 0.324. The predicted octanol–water partition coefficient (Wildman–Crippen LogP) is 2.22. The summed E-state index contributed by atoms with van der Waals surface area (Å²) in [6, 6.07) is 3.37. The van der Waals surface area contributed by atoms with Crippen molar-refractivity contribution in [3.05, 3.63) is 22.2 Å². The van der Waals surface area contributed by atoms with Crippen LogP contribution in [0, 0.1) is 0 Å². The number of halogens is 1. The molecule has 0 aliphatic heterocycles. The van der Waals surface area contributed by atoms with Crippen LogP contribution < -0.4 is 4.74 Å². The molecule has 2 N–H and O–H groups in total. The number of benzene rings is 1. The minimum atomic E-state index is -0.706. The Morgan fingerprint density at radius 1 is 1.46 bits per heavy atom. The third-order valence-corrected chi connectivity index (χ3v) is 2.39. The lowest BCUT2D eigenvalue weighted by Crippen LogP contribution is -1.94. The summed E-state index contributed by atoms with van der Waals surface area (Å²) < 4.78 is 5.62. The monoisotopic (exact) mass is 246 g/mol. The van der Waals surface area contributed by atoms with Crippen LogP contribution in [0.3, 0.4) is 0 Å². The van der Waals surface area contributed by atoms with Crippen LogP contribution in [0.4, 0.5) is 0 Å². The molecular weight excluding hydrogens is 236 g/mol. The zero-order valence-electron chi connectivity index (χ0n) is 7.41. The topological polar surface area (TPSA) is 49.7 Å². The first-order chi connectivity index (χ1) is 6.07. The molecule has 0 radical (unpaired) electrons. The molecule has 1 rings (SSSR count). The van der Waals surface area contributed by atoms with Gasteiger partial charge in [-0.3, -0.25) is 0 Å². The third-order valence-electron chi connectivity index (χ3n) is 1.77. The second-order valence-electron chi connectivity index (χ2n) is 2.69. The molecule has 1 aromatic carbocycles. The molecule has 0 amide bonds. The van der Waals surface area contributed by atoms with Gasteiger partial charge in [-0.05, 0) is 28.9 Å². The van der Waals surface area contributed by atoms with Crippen LogP contribution in [0.2, 0.25) is 0 Å². The molecule has 1 unspecified atom stereocenters. The first kappa shape index (κ1) is 10.3. The van der Waals surface area contributed by atoms with Crippen molar-refractivity contribution in [3.63, 3.8) is 0 Å². The summed E-state index contributed by atoms with van der Waals surface area (Å²) in [5, 5.41) is 18.9. The van der Waals surface area contributed by atoms with Gasteiger partial charge in [-0.1, -0.05) is 6.07 Å². The minimum Gasteiger partial charge on any atom is -0.504 e. The van der Waals surface area contributed by atoms with E-state index in [-0.39, 0.29) is 5.75 Å². The molecule has 0 saturated heterocycles. The van der Waals surface area contributed by atoms with Gasteiger partial charge < -0.3 is 14.9 Å². The summed E-state index contributed by atoms with van der Waals surface area (Å²) in [4.78, 5) is 0. The van der Waals surface area contributed by atoms with Crippen molar-refractivity contribution in [1.82, 2.24) is 0 Å². The fraction of sp³-hybridized carbons (Fsp3) is 0.333. The molecule has 0 aliphatic carbocycles. The Balaban J connectivity index is 3.27.